The van der Waals surface area contributed by atoms with Crippen LogP contribution >= 0.6 is 0 Å². The predicted molar refractivity (Wildman–Crippen MR) is 99.3 cm³/mol. The molecule has 0 fully saturated rings. The fourth-order valence-corrected chi connectivity index (χ4v) is 2.61. The summed E-state index contributed by atoms with van der Waals surface area (Å²) in [4.78, 5) is 12.1. The van der Waals surface area contributed by atoms with Crippen LogP contribution in [0, 0.1) is 0 Å². The van der Waals surface area contributed by atoms with E-state index in [1.165, 1.54) is 0 Å². The molecule has 6 heteroatoms. The number of aryl methyl sites for hydroxylation is 1. The van der Waals surface area contributed by atoms with Gasteiger partial charge in [-0.25, -0.2) is 0 Å². The van der Waals surface area contributed by atoms with Gasteiger partial charge in [0, 0.05) is 13.0 Å². The van der Waals surface area contributed by atoms with Gasteiger partial charge in [0.15, 0.2) is 11.5 Å². The van der Waals surface area contributed by atoms with E-state index in [9.17, 15) is 4.79 Å². The zero-order valence-electron chi connectivity index (χ0n) is 15.6. The van der Waals surface area contributed by atoms with Gasteiger partial charge in [0.25, 0.3) is 0 Å². The van der Waals surface area contributed by atoms with Crippen molar-refractivity contribution >= 4 is 5.91 Å². The maximum atomic E-state index is 12.1. The van der Waals surface area contributed by atoms with Gasteiger partial charge in [-0.3, -0.25) is 4.79 Å². The van der Waals surface area contributed by atoms with Crippen molar-refractivity contribution in [2.75, 3.05) is 28.4 Å². The van der Waals surface area contributed by atoms with E-state index >= 15 is 0 Å². The molecule has 1 N–H and O–H groups in total. The highest BCUT2D eigenvalue weighted by molar-refractivity contribution is 5.76. The maximum absolute atomic E-state index is 12.1. The van der Waals surface area contributed by atoms with Crippen molar-refractivity contribution in [1.29, 1.82) is 0 Å². The van der Waals surface area contributed by atoms with Gasteiger partial charge in [0.2, 0.25) is 11.7 Å². The lowest BCUT2D eigenvalue weighted by molar-refractivity contribution is -0.121. The van der Waals surface area contributed by atoms with Gasteiger partial charge in [-0.05, 0) is 41.8 Å². The Labute approximate surface area is 154 Å². The van der Waals surface area contributed by atoms with Crippen molar-refractivity contribution in [2.24, 2.45) is 0 Å². The van der Waals surface area contributed by atoms with Crippen molar-refractivity contribution in [2.45, 2.75) is 19.4 Å². The average molecular weight is 359 g/mol. The van der Waals surface area contributed by atoms with E-state index in [4.69, 9.17) is 18.9 Å². The highest BCUT2D eigenvalue weighted by Crippen LogP contribution is 2.38. The zero-order valence-corrected chi connectivity index (χ0v) is 15.6. The van der Waals surface area contributed by atoms with Crippen LogP contribution in [0.2, 0.25) is 0 Å². The molecule has 26 heavy (non-hydrogen) atoms. The van der Waals surface area contributed by atoms with E-state index in [-0.39, 0.29) is 5.91 Å². The number of hydrogen-bond acceptors (Lipinski definition) is 5. The number of benzene rings is 2. The molecule has 0 unspecified atom stereocenters. The largest absolute Gasteiger partial charge is 0.497 e. The number of carbonyl (C=O) groups excluding carboxylic acids is 1. The predicted octanol–water partition coefficient (Wildman–Crippen LogP) is 2.97. The zero-order chi connectivity index (χ0) is 18.9. The summed E-state index contributed by atoms with van der Waals surface area (Å²) in [7, 11) is 6.32. The lowest BCUT2D eigenvalue weighted by atomic mass is 10.1. The Bertz CT molecular complexity index is 720. The second-order valence-corrected chi connectivity index (χ2v) is 5.66. The van der Waals surface area contributed by atoms with Gasteiger partial charge in [0.05, 0.1) is 28.4 Å². The van der Waals surface area contributed by atoms with Crippen LogP contribution in [0.3, 0.4) is 0 Å². The molecule has 0 radical (unpaired) electrons. The van der Waals surface area contributed by atoms with Crippen molar-refractivity contribution in [3.8, 4) is 23.0 Å². The second kappa shape index (κ2) is 9.56. The Kier molecular flexibility index (Phi) is 7.14. The fraction of sp³-hybridized carbons (Fsp3) is 0.350. The van der Waals surface area contributed by atoms with Crippen molar-refractivity contribution in [3.05, 3.63) is 47.5 Å². The minimum absolute atomic E-state index is 0.0263. The van der Waals surface area contributed by atoms with Crippen LogP contribution < -0.4 is 24.3 Å². The summed E-state index contributed by atoms with van der Waals surface area (Å²) in [6, 6.07) is 11.3. The maximum Gasteiger partial charge on any atom is 0.220 e. The van der Waals surface area contributed by atoms with Gasteiger partial charge in [-0.15, -0.1) is 0 Å². The molecule has 2 aromatic rings. The molecule has 0 bridgehead atoms. The van der Waals surface area contributed by atoms with Crippen LogP contribution in [0.1, 0.15) is 17.5 Å². The molecule has 0 heterocycles. The van der Waals surface area contributed by atoms with Gasteiger partial charge in [-0.1, -0.05) is 12.1 Å². The molecular weight excluding hydrogens is 334 g/mol. The molecule has 6 nitrogen and oxygen atoms in total. The smallest absolute Gasteiger partial charge is 0.220 e. The molecule has 0 saturated carbocycles. The number of hydrogen-bond donors (Lipinski definition) is 1. The number of nitrogens with one attached hydrogen (secondary N) is 1. The van der Waals surface area contributed by atoms with Crippen molar-refractivity contribution < 1.29 is 23.7 Å². The van der Waals surface area contributed by atoms with E-state index in [1.807, 2.05) is 36.4 Å². The summed E-state index contributed by atoms with van der Waals surface area (Å²) in [5.41, 5.74) is 1.93. The number of rotatable bonds is 9. The van der Waals surface area contributed by atoms with E-state index < -0.39 is 0 Å². The monoisotopic (exact) mass is 359 g/mol. The molecule has 0 aliphatic carbocycles. The molecule has 0 atom stereocenters. The van der Waals surface area contributed by atoms with E-state index in [2.05, 4.69) is 5.32 Å². The third kappa shape index (κ3) is 5.05. The number of methoxy groups -OCH3 is 4. The number of ether oxygens (including phenoxy) is 4. The lowest BCUT2D eigenvalue weighted by Crippen LogP contribution is -2.23. The van der Waals surface area contributed by atoms with E-state index in [0.717, 1.165) is 16.9 Å². The molecule has 2 rings (SSSR count). The molecule has 1 amide bonds. The highest BCUT2D eigenvalue weighted by atomic mass is 16.5. The quantitative estimate of drug-likeness (QED) is 0.746. The van der Waals surface area contributed by atoms with Gasteiger partial charge >= 0.3 is 0 Å². The number of carbonyl (C=O) groups is 1. The van der Waals surface area contributed by atoms with Crippen molar-refractivity contribution in [1.82, 2.24) is 5.32 Å². The van der Waals surface area contributed by atoms with Crippen LogP contribution in [0.4, 0.5) is 0 Å². The first-order valence-corrected chi connectivity index (χ1v) is 8.29. The standard InChI is InChI=1S/C20H25NO5/c1-23-16-7-5-6-15(10-16)13-21-19(22)9-8-14-11-17(24-2)20(26-4)18(12-14)25-3/h5-7,10-12H,8-9,13H2,1-4H3,(H,21,22). The summed E-state index contributed by atoms with van der Waals surface area (Å²) >= 11 is 0. The van der Waals surface area contributed by atoms with E-state index in [1.54, 1.807) is 28.4 Å². The minimum atomic E-state index is -0.0263. The molecule has 0 saturated heterocycles. The summed E-state index contributed by atoms with van der Waals surface area (Å²) in [5, 5.41) is 2.92. The van der Waals surface area contributed by atoms with Crippen LogP contribution in [0.15, 0.2) is 36.4 Å². The average Bonchev–Trinajstić information content (AvgIpc) is 2.69. The summed E-state index contributed by atoms with van der Waals surface area (Å²) in [5.74, 6) is 2.45. The minimum Gasteiger partial charge on any atom is -0.497 e. The Hall–Kier alpha value is -2.89. The second-order valence-electron chi connectivity index (χ2n) is 5.66. The lowest BCUT2D eigenvalue weighted by Gasteiger charge is -2.14. The molecule has 0 aliphatic heterocycles. The summed E-state index contributed by atoms with van der Waals surface area (Å²) in [6.45, 7) is 0.464. The third-order valence-electron chi connectivity index (χ3n) is 3.99. The Balaban J connectivity index is 1.94. The first-order chi connectivity index (χ1) is 12.6. The van der Waals surface area contributed by atoms with Gasteiger partial charge in [-0.2, -0.15) is 0 Å². The molecule has 0 aromatic heterocycles. The Morgan fingerprint density at radius 2 is 1.58 bits per heavy atom. The molecule has 2 aromatic carbocycles. The summed E-state index contributed by atoms with van der Waals surface area (Å²) in [6.07, 6.45) is 0.934. The molecule has 0 spiro atoms. The van der Waals surface area contributed by atoms with Crippen molar-refractivity contribution in [3.63, 3.8) is 0 Å². The van der Waals surface area contributed by atoms with Gasteiger partial charge in [0.1, 0.15) is 5.75 Å². The van der Waals surface area contributed by atoms with Gasteiger partial charge < -0.3 is 24.3 Å². The highest BCUT2D eigenvalue weighted by Gasteiger charge is 2.13. The SMILES string of the molecule is COc1cccc(CNC(=O)CCc2cc(OC)c(OC)c(OC)c2)c1. The topological polar surface area (TPSA) is 66.0 Å². The van der Waals surface area contributed by atoms with Crippen LogP contribution in [0.5, 0.6) is 23.0 Å². The fourth-order valence-electron chi connectivity index (χ4n) is 2.61. The van der Waals surface area contributed by atoms with Crippen LogP contribution in [-0.4, -0.2) is 34.3 Å². The van der Waals surface area contributed by atoms with E-state index in [0.29, 0.717) is 36.6 Å². The summed E-state index contributed by atoms with van der Waals surface area (Å²) < 4.78 is 21.2. The van der Waals surface area contributed by atoms with Crippen LogP contribution in [0.25, 0.3) is 0 Å². The molecular formula is C20H25NO5. The Morgan fingerprint density at radius 3 is 2.15 bits per heavy atom. The first-order valence-electron chi connectivity index (χ1n) is 8.29. The Morgan fingerprint density at radius 1 is 0.885 bits per heavy atom. The third-order valence-corrected chi connectivity index (χ3v) is 3.99. The molecule has 0 aliphatic rings. The first kappa shape index (κ1) is 19.4. The molecule has 140 valence electrons. The van der Waals surface area contributed by atoms with Crippen LogP contribution in [-0.2, 0) is 17.8 Å². The number of amides is 1. The normalized spacial score (nSPS) is 10.2.